The number of aliphatic carboxylic acids is 1. The van der Waals surface area contributed by atoms with E-state index in [1.165, 1.54) is 0 Å². The average Bonchev–Trinajstić information content (AvgIpc) is 3.81. The lowest BCUT2D eigenvalue weighted by atomic mass is 10.1. The first-order valence-corrected chi connectivity index (χ1v) is 24.2. The molecule has 396 valence electrons. The van der Waals surface area contributed by atoms with E-state index in [-0.39, 0.29) is 123 Å². The van der Waals surface area contributed by atoms with Crippen molar-refractivity contribution in [3.05, 3.63) is 76.8 Å². The van der Waals surface area contributed by atoms with Gasteiger partial charge in [0.05, 0.1) is 87.6 Å². The van der Waals surface area contributed by atoms with E-state index in [9.17, 15) is 29.4 Å². The van der Waals surface area contributed by atoms with Crippen molar-refractivity contribution in [3.8, 4) is 0 Å². The molecular formula is C48H63ClN16O9. The van der Waals surface area contributed by atoms with Crippen molar-refractivity contribution in [2.75, 3.05) is 93.4 Å². The standard InChI is InChI=1S/C48H63ClN16O9/c1-27(2)36(25-66)59-48-62-42(39-43(63-48)65(26-55-39)28(3)4)57-30-8-11-33(34(49)22-30)45(69)53-15-17-73-19-21-74-20-18-72-16-14-52-37(67)13-12-35(46(70)71)58-44(68)29-6-9-32(10-7-29)64(5)24-31-23-54-41-38(56-31)40(50)60-47(51)61-41/h6-11,22-23,26-28,35-36,66H,12-21,24-25H2,1-5H3,(H,52,67)(H,53,69)(H,58,68)(H,70,71)(H2,57,59,62,63)(H4,50,51,54,60,61)/t35-,36?/m0/s1. The normalized spacial score (nSPS) is 12.2. The minimum Gasteiger partial charge on any atom is -0.480 e. The predicted molar refractivity (Wildman–Crippen MR) is 278 cm³/mol. The zero-order valence-corrected chi connectivity index (χ0v) is 42.6. The highest BCUT2D eigenvalue weighted by atomic mass is 35.5. The summed E-state index contributed by atoms with van der Waals surface area (Å²) in [5.74, 6) is -1.62. The largest absolute Gasteiger partial charge is 0.480 e. The number of benzene rings is 2. The maximum absolute atomic E-state index is 12.9. The molecule has 0 bridgehead atoms. The molecule has 0 aliphatic heterocycles. The third-order valence-corrected chi connectivity index (χ3v) is 11.7. The lowest BCUT2D eigenvalue weighted by Gasteiger charge is -2.20. The van der Waals surface area contributed by atoms with Gasteiger partial charge in [0, 0.05) is 49.5 Å². The van der Waals surface area contributed by atoms with Crippen LogP contribution in [0.2, 0.25) is 5.02 Å². The van der Waals surface area contributed by atoms with Crippen molar-refractivity contribution in [2.24, 2.45) is 5.92 Å². The van der Waals surface area contributed by atoms with E-state index in [2.05, 4.69) is 61.5 Å². The molecule has 1 unspecified atom stereocenters. The summed E-state index contributed by atoms with van der Waals surface area (Å²) in [4.78, 5) is 82.7. The number of nitrogens with zero attached hydrogens (tertiary/aromatic N) is 9. The number of aliphatic hydroxyl groups is 1. The van der Waals surface area contributed by atoms with Gasteiger partial charge < -0.3 is 71.9 Å². The van der Waals surface area contributed by atoms with Crippen LogP contribution < -0.4 is 43.0 Å². The minimum absolute atomic E-state index is 0.00176. The number of hydrogen-bond donors (Lipinski definition) is 9. The van der Waals surface area contributed by atoms with Crippen LogP contribution in [0.4, 0.5) is 34.9 Å². The van der Waals surface area contributed by atoms with Crippen LogP contribution in [0.1, 0.15) is 73.0 Å². The quantitative estimate of drug-likeness (QED) is 0.0304. The van der Waals surface area contributed by atoms with Gasteiger partial charge in [-0.15, -0.1) is 0 Å². The molecule has 4 aromatic heterocycles. The second-order valence-corrected chi connectivity index (χ2v) is 18.0. The molecule has 0 saturated heterocycles. The molecule has 6 aromatic rings. The first kappa shape index (κ1) is 55.7. The number of aliphatic hydroxyl groups excluding tert-OH is 1. The third-order valence-electron chi connectivity index (χ3n) is 11.3. The van der Waals surface area contributed by atoms with Crippen LogP contribution in [0.15, 0.2) is 55.0 Å². The van der Waals surface area contributed by atoms with Crippen molar-refractivity contribution in [1.29, 1.82) is 0 Å². The molecule has 0 fully saturated rings. The van der Waals surface area contributed by atoms with Gasteiger partial charge in [-0.1, -0.05) is 25.4 Å². The van der Waals surface area contributed by atoms with Crippen LogP contribution in [0.5, 0.6) is 0 Å². The van der Waals surface area contributed by atoms with E-state index < -0.39 is 23.8 Å². The molecule has 26 heteroatoms. The van der Waals surface area contributed by atoms with Gasteiger partial charge in [0.25, 0.3) is 11.8 Å². The smallest absolute Gasteiger partial charge is 0.326 e. The average molecular weight is 1040 g/mol. The van der Waals surface area contributed by atoms with Gasteiger partial charge in [-0.05, 0) is 68.7 Å². The Morgan fingerprint density at radius 3 is 2.16 bits per heavy atom. The predicted octanol–water partition coefficient (Wildman–Crippen LogP) is 3.33. The number of nitrogens with one attached hydrogen (secondary N) is 5. The number of ether oxygens (including phenoxy) is 3. The van der Waals surface area contributed by atoms with Gasteiger partial charge in [-0.2, -0.15) is 19.9 Å². The van der Waals surface area contributed by atoms with Gasteiger partial charge in [0.1, 0.15) is 6.04 Å². The Morgan fingerprint density at radius 2 is 1.51 bits per heavy atom. The van der Waals surface area contributed by atoms with Crippen LogP contribution in [-0.4, -0.2) is 152 Å². The second kappa shape index (κ2) is 26.9. The van der Waals surface area contributed by atoms with Crippen molar-refractivity contribution >= 4 is 92.5 Å². The van der Waals surface area contributed by atoms with Crippen molar-refractivity contribution in [3.63, 3.8) is 0 Å². The zero-order chi connectivity index (χ0) is 53.3. The van der Waals surface area contributed by atoms with Gasteiger partial charge in [-0.25, -0.2) is 19.7 Å². The third kappa shape index (κ3) is 15.7. The highest BCUT2D eigenvalue weighted by molar-refractivity contribution is 6.34. The summed E-state index contributed by atoms with van der Waals surface area (Å²) < 4.78 is 18.5. The van der Waals surface area contributed by atoms with Crippen LogP contribution in [0, 0.1) is 5.92 Å². The Balaban J connectivity index is 0.805. The number of nitrogens with two attached hydrogens (primary N) is 2. The number of imidazole rings is 1. The summed E-state index contributed by atoms with van der Waals surface area (Å²) in [6.45, 7) is 10.3. The number of nitrogen functional groups attached to an aromatic ring is 2. The van der Waals surface area contributed by atoms with Crippen molar-refractivity contribution in [1.82, 2.24) is 55.4 Å². The fraction of sp³-hybridized carbons (Fsp3) is 0.438. The molecule has 6 rings (SSSR count). The first-order chi connectivity index (χ1) is 35.5. The molecular weight excluding hydrogens is 980 g/mol. The van der Waals surface area contributed by atoms with E-state index in [1.807, 2.05) is 44.2 Å². The van der Waals surface area contributed by atoms with Crippen LogP contribution in [-0.2, 0) is 30.3 Å². The summed E-state index contributed by atoms with van der Waals surface area (Å²) in [5, 5.41) is 34.3. The number of anilines is 6. The Hall–Kier alpha value is -7.58. The Morgan fingerprint density at radius 1 is 0.824 bits per heavy atom. The number of aromatic nitrogens is 8. The number of rotatable bonds is 29. The molecule has 0 aliphatic rings. The lowest BCUT2D eigenvalue weighted by molar-refractivity contribution is -0.139. The molecule has 0 radical (unpaired) electrons. The molecule has 2 atom stereocenters. The van der Waals surface area contributed by atoms with E-state index in [0.29, 0.717) is 53.0 Å². The molecule has 2 aromatic carbocycles. The summed E-state index contributed by atoms with van der Waals surface area (Å²) in [6.07, 6.45) is 3.00. The molecule has 25 nitrogen and oxygen atoms in total. The summed E-state index contributed by atoms with van der Waals surface area (Å²) >= 11 is 6.56. The maximum atomic E-state index is 12.9. The number of carboxylic acids is 1. The molecule has 11 N–H and O–H groups in total. The lowest BCUT2D eigenvalue weighted by Crippen LogP contribution is -2.41. The van der Waals surface area contributed by atoms with Crippen LogP contribution in [0.25, 0.3) is 22.3 Å². The van der Waals surface area contributed by atoms with Gasteiger partial charge in [-0.3, -0.25) is 14.4 Å². The second-order valence-electron chi connectivity index (χ2n) is 17.6. The molecule has 4 heterocycles. The fourth-order valence-electron chi connectivity index (χ4n) is 7.21. The Labute approximate surface area is 431 Å². The summed E-state index contributed by atoms with van der Waals surface area (Å²) in [6, 6.07) is 10.0. The monoisotopic (exact) mass is 1040 g/mol. The first-order valence-electron chi connectivity index (χ1n) is 23.9. The Kier molecular flexibility index (Phi) is 20.3. The van der Waals surface area contributed by atoms with Gasteiger partial charge in [0.15, 0.2) is 34.0 Å². The highest BCUT2D eigenvalue weighted by Gasteiger charge is 2.23. The number of carbonyl (C=O) groups excluding carboxylic acids is 3. The number of fused-ring (bicyclic) bond motifs is 2. The fourth-order valence-corrected chi connectivity index (χ4v) is 7.47. The maximum Gasteiger partial charge on any atom is 0.326 e. The number of carbonyl (C=O) groups is 4. The van der Waals surface area contributed by atoms with Crippen LogP contribution in [0.3, 0.4) is 0 Å². The van der Waals surface area contributed by atoms with E-state index in [1.54, 1.807) is 55.0 Å². The molecule has 0 spiro atoms. The molecule has 0 saturated carbocycles. The van der Waals surface area contributed by atoms with Gasteiger partial charge >= 0.3 is 5.97 Å². The van der Waals surface area contributed by atoms with Crippen molar-refractivity contribution < 1.29 is 43.6 Å². The molecule has 3 amide bonds. The zero-order valence-electron chi connectivity index (χ0n) is 41.8. The highest BCUT2D eigenvalue weighted by Crippen LogP contribution is 2.29. The minimum atomic E-state index is -1.29. The number of amides is 3. The van der Waals surface area contributed by atoms with E-state index in [0.717, 1.165) is 5.69 Å². The number of carboxylic acid groups (broad SMARTS) is 1. The molecule has 0 aliphatic carbocycles. The van der Waals surface area contributed by atoms with E-state index in [4.69, 9.17) is 37.3 Å². The Bertz CT molecular complexity index is 2870. The van der Waals surface area contributed by atoms with Crippen molar-refractivity contribution in [2.45, 2.75) is 65.2 Å². The summed E-state index contributed by atoms with van der Waals surface area (Å²) in [5.41, 5.74) is 15.8. The number of halogens is 1. The molecule has 74 heavy (non-hydrogen) atoms. The SMILES string of the molecule is CC(C)C(CO)Nc1nc(Nc2ccc(C(=O)NCCOCCOCCOCCNC(=O)CC[C@H](NC(=O)c3ccc(N(C)Cc4cnc5nc(N)nc(N)c5n4)cc3)C(=O)O)c(Cl)c2)c2ncn(C(C)C)c2n1. The van der Waals surface area contributed by atoms with Crippen LogP contribution >= 0.6 is 11.6 Å². The van der Waals surface area contributed by atoms with E-state index >= 15 is 0 Å². The van der Waals surface area contributed by atoms with Gasteiger partial charge in [0.2, 0.25) is 17.8 Å². The topological polar surface area (TPSA) is 347 Å². The number of hydrogen-bond acceptors (Lipinski definition) is 20. The summed E-state index contributed by atoms with van der Waals surface area (Å²) in [7, 11) is 1.82.